The SMILES string of the molecule is CC(=O)C=C(C)O.CC(=O)C=C(C)O.CC(=O)C=C(C)O.CC1(C)c2ccccc2-c2c[c-]c(-c3nccc4ccccc34)cc21.Fc1c[c-]c(-c2ccccn2)c(F)n1.[C-]#[N+]c1c(F)c[c-]c(-c2cc(C)ccn2)c1F.[Ir].[Ir].[Ir].[Ir].[Ir].[Ir].[c-]1ccccc1-c1ccc2ccccc2n1.[c-]1ccccc1-c1ccccn1.[c-]1ccccc1-c1ccccn1. The van der Waals surface area contributed by atoms with Crippen LogP contribution in [0.1, 0.15) is 72.1 Å². The van der Waals surface area contributed by atoms with Gasteiger partial charge in [-0.2, -0.15) is 0 Å². The summed E-state index contributed by atoms with van der Waals surface area (Å²) in [5.74, 6) is -3.80. The van der Waals surface area contributed by atoms with Crippen LogP contribution in [0, 0.1) is 73.4 Å². The second-order valence-corrected chi connectivity index (χ2v) is 26.2. The molecule has 0 atom stereocenters. The van der Waals surface area contributed by atoms with Crippen molar-refractivity contribution in [3.8, 4) is 78.7 Å². The Morgan fingerprint density at radius 1 is 0.407 bits per heavy atom. The summed E-state index contributed by atoms with van der Waals surface area (Å²) in [4.78, 5) is 61.5. The number of hydrogen-bond acceptors (Lipinski definition) is 13. The number of benzene rings is 8. The molecule has 14 nitrogen and oxygen atoms in total. The summed E-state index contributed by atoms with van der Waals surface area (Å²) in [6, 6.07) is 99.4. The molecule has 0 amide bonds. The molecule has 0 bridgehead atoms. The summed E-state index contributed by atoms with van der Waals surface area (Å²) in [7, 11) is 0. The van der Waals surface area contributed by atoms with Gasteiger partial charge < -0.3 is 40.2 Å². The topological polar surface area (TPSA) is 206 Å². The van der Waals surface area contributed by atoms with E-state index >= 15 is 0 Å². The Morgan fingerprint density at radius 2 is 0.870 bits per heavy atom. The van der Waals surface area contributed by atoms with E-state index < -0.39 is 29.2 Å². The van der Waals surface area contributed by atoms with Crippen LogP contribution in [0.5, 0.6) is 0 Å². The van der Waals surface area contributed by atoms with Gasteiger partial charge in [0.05, 0.1) is 29.4 Å². The molecule has 1 aliphatic carbocycles. The van der Waals surface area contributed by atoms with E-state index in [2.05, 4.69) is 169 Å². The first-order valence-corrected chi connectivity index (χ1v) is 36.4. The van der Waals surface area contributed by atoms with E-state index in [9.17, 15) is 31.9 Å². The molecule has 1 aliphatic rings. The molecular formula is C99H80F4Ir6N8O6-6. The number of aromatic nitrogens is 7. The van der Waals surface area contributed by atoms with Crippen molar-refractivity contribution in [1.29, 1.82) is 0 Å². The van der Waals surface area contributed by atoms with Crippen molar-refractivity contribution in [3.63, 3.8) is 0 Å². The van der Waals surface area contributed by atoms with E-state index in [1.165, 1.54) is 111 Å². The average molecular weight is 2710 g/mol. The molecule has 0 saturated heterocycles. The zero-order valence-electron chi connectivity index (χ0n) is 67.5. The zero-order valence-corrected chi connectivity index (χ0v) is 81.9. The predicted molar refractivity (Wildman–Crippen MR) is 453 cm³/mol. The van der Waals surface area contributed by atoms with Crippen molar-refractivity contribution in [3.05, 3.63) is 409 Å². The Bertz CT molecular complexity index is 5740. The number of carbonyl (C=O) groups is 3. The molecule has 0 unspecified atom stereocenters. The van der Waals surface area contributed by atoms with E-state index in [-0.39, 0.29) is 172 Å². The number of para-hydroxylation sites is 1. The van der Waals surface area contributed by atoms with Crippen LogP contribution in [0.3, 0.4) is 0 Å². The first-order chi connectivity index (χ1) is 56.3. The standard InChI is InChI=1S/C24H18N.C15H10N.C13H7F2N2.2C11H8N.C10H5F2N2.3C5H8O2.6Ir/c1-24(2)21-10-6-5-9-19(21)20-12-11-17(15-22(20)24)23-18-8-4-3-7-16(18)13-14-25-23;1-2-6-12(7-3-1)15-11-10-13-8-4-5-9-14(13)16-15;1-8-5-6-17-11(7-8)9-3-4-10(14)13(16-2)12(9)15;2*1-2-6-10(7-3-1)11-8-4-5-9-12-11;11-9-5-4-7(10(12)14-9)8-3-1-2-6-13-8;3*1-4(6)3-5(2)7;;;;;;/h3-10,12-15H,1-2H3;1-6,8-11H;4-7H,1H3;2*1-6,8-9H;1-3,5-6H;3*3,6H,1-2H3;;;;;;/q6*-1;;;;;;;;;. The number of pyridine rings is 7. The number of ketones is 3. The Morgan fingerprint density at radius 3 is 1.35 bits per heavy atom. The number of aryl methyl sites for hydroxylation is 1. The molecule has 640 valence electrons. The maximum Gasteiger partial charge on any atom is 0.176 e. The van der Waals surface area contributed by atoms with Gasteiger partial charge in [0.2, 0.25) is 0 Å². The molecule has 16 rings (SSSR count). The fourth-order valence-electron chi connectivity index (χ4n) is 11.4. The van der Waals surface area contributed by atoms with Crippen molar-refractivity contribution >= 4 is 44.7 Å². The summed E-state index contributed by atoms with van der Waals surface area (Å²) >= 11 is 0. The van der Waals surface area contributed by atoms with E-state index in [1.54, 1.807) is 42.7 Å². The van der Waals surface area contributed by atoms with Crippen LogP contribution >= 0.6 is 0 Å². The van der Waals surface area contributed by atoms with E-state index in [4.69, 9.17) is 21.9 Å². The van der Waals surface area contributed by atoms with Gasteiger partial charge >= 0.3 is 0 Å². The van der Waals surface area contributed by atoms with Gasteiger partial charge in [0, 0.05) is 181 Å². The minimum Gasteiger partial charge on any atom is -0.512 e. The third-order valence-corrected chi connectivity index (χ3v) is 16.5. The second kappa shape index (κ2) is 56.0. The minimum atomic E-state index is -0.918. The Hall–Kier alpha value is -10.9. The molecule has 7 heterocycles. The minimum absolute atomic E-state index is 0. The van der Waals surface area contributed by atoms with Gasteiger partial charge in [-0.15, -0.1) is 161 Å². The Balaban J connectivity index is 0.000000480. The molecule has 8 aromatic carbocycles. The van der Waals surface area contributed by atoms with Gasteiger partial charge in [-0.1, -0.05) is 163 Å². The van der Waals surface area contributed by atoms with Gasteiger partial charge in [0.15, 0.2) is 23.0 Å². The normalized spacial score (nSPS) is 10.7. The Labute approximate surface area is 795 Å². The first-order valence-electron chi connectivity index (χ1n) is 36.4. The van der Waals surface area contributed by atoms with Gasteiger partial charge in [-0.3, -0.25) is 38.0 Å². The van der Waals surface area contributed by atoms with E-state index in [1.807, 2.05) is 147 Å². The van der Waals surface area contributed by atoms with Crippen LogP contribution in [0.15, 0.2) is 321 Å². The van der Waals surface area contributed by atoms with E-state index in [0.29, 0.717) is 11.4 Å². The van der Waals surface area contributed by atoms with E-state index in [0.717, 1.165) is 68.2 Å². The van der Waals surface area contributed by atoms with Crippen LogP contribution in [-0.2, 0) is 140 Å². The molecular weight excluding hydrogens is 2630 g/mol. The molecule has 0 aliphatic heterocycles. The second-order valence-electron chi connectivity index (χ2n) is 26.2. The fourth-order valence-corrected chi connectivity index (χ4v) is 11.4. The van der Waals surface area contributed by atoms with Gasteiger partial charge in [-0.05, 0) is 146 Å². The summed E-state index contributed by atoms with van der Waals surface area (Å²) in [6.45, 7) is 21.7. The van der Waals surface area contributed by atoms with Gasteiger partial charge in [0.25, 0.3) is 0 Å². The molecule has 0 spiro atoms. The number of halogens is 4. The number of hydrogen-bond donors (Lipinski definition) is 3. The van der Waals surface area contributed by atoms with Crippen molar-refractivity contribution < 1.29 is 168 Å². The molecule has 3 N–H and O–H groups in total. The third-order valence-electron chi connectivity index (χ3n) is 16.5. The predicted octanol–water partition coefficient (Wildman–Crippen LogP) is 23.8. The molecule has 6 radical (unpaired) electrons. The molecule has 7 aromatic heterocycles. The molecule has 24 heteroatoms. The van der Waals surface area contributed by atoms with Gasteiger partial charge in [0.1, 0.15) is 11.9 Å². The number of fused-ring (bicyclic) bond motifs is 5. The summed E-state index contributed by atoms with van der Waals surface area (Å²) in [5, 5.41) is 28.6. The van der Waals surface area contributed by atoms with Crippen LogP contribution in [0.4, 0.5) is 23.2 Å². The molecule has 0 saturated carbocycles. The first kappa shape index (κ1) is 108. The average Bonchev–Trinajstić information content (AvgIpc) is 1.58. The van der Waals surface area contributed by atoms with Gasteiger partial charge in [-0.25, -0.2) is 8.78 Å². The van der Waals surface area contributed by atoms with Crippen molar-refractivity contribution in [2.75, 3.05) is 0 Å². The number of rotatable bonds is 9. The largest absolute Gasteiger partial charge is 0.512 e. The Kier molecular flexibility index (Phi) is 49.2. The van der Waals surface area contributed by atoms with Crippen molar-refractivity contribution in [2.45, 2.75) is 67.7 Å². The molecule has 123 heavy (non-hydrogen) atoms. The molecule has 0 fully saturated rings. The number of aliphatic hydroxyl groups is 3. The van der Waals surface area contributed by atoms with Crippen LogP contribution in [0.2, 0.25) is 0 Å². The quantitative estimate of drug-likeness (QED) is 0.0405. The zero-order chi connectivity index (χ0) is 84.2. The number of allylic oxidation sites excluding steroid dienone is 6. The number of carbonyl (C=O) groups excluding carboxylic acids is 3. The molecule has 15 aromatic rings. The smallest absolute Gasteiger partial charge is 0.176 e. The third kappa shape index (κ3) is 34.4. The van der Waals surface area contributed by atoms with Crippen LogP contribution in [-0.4, -0.2) is 67.6 Å². The van der Waals surface area contributed by atoms with Crippen LogP contribution < -0.4 is 0 Å². The van der Waals surface area contributed by atoms with Crippen LogP contribution in [0.25, 0.3) is 105 Å². The van der Waals surface area contributed by atoms with Crippen molar-refractivity contribution in [1.82, 2.24) is 34.9 Å². The monoisotopic (exact) mass is 2710 g/mol. The summed E-state index contributed by atoms with van der Waals surface area (Å²) in [5.41, 5.74) is 15.6. The summed E-state index contributed by atoms with van der Waals surface area (Å²) in [6.07, 6.45) is 12.0. The maximum atomic E-state index is 13.8. The van der Waals surface area contributed by atoms with Crippen molar-refractivity contribution in [2.24, 2.45) is 0 Å². The fraction of sp³-hybridized carbons (Fsp3) is 0.101. The summed E-state index contributed by atoms with van der Waals surface area (Å²) < 4.78 is 52.5. The number of nitrogens with zero attached hydrogens (tertiary/aromatic N) is 8. The number of aliphatic hydroxyl groups excluding tert-OH is 3. The maximum absolute atomic E-state index is 13.8.